The van der Waals surface area contributed by atoms with Gasteiger partial charge in [-0.3, -0.25) is 9.59 Å². The molecule has 2 heterocycles. The van der Waals surface area contributed by atoms with E-state index in [1.807, 2.05) is 53.9 Å². The van der Waals surface area contributed by atoms with Gasteiger partial charge in [-0.15, -0.1) is 11.3 Å². The number of ether oxygens (including phenoxy) is 2. The largest absolute Gasteiger partial charge is 0.495 e. The summed E-state index contributed by atoms with van der Waals surface area (Å²) < 4.78 is 10.8. The van der Waals surface area contributed by atoms with Crippen molar-refractivity contribution in [2.24, 2.45) is 5.92 Å². The van der Waals surface area contributed by atoms with Crippen molar-refractivity contribution >= 4 is 28.9 Å². The van der Waals surface area contributed by atoms with Gasteiger partial charge in [0.2, 0.25) is 5.91 Å². The molecule has 0 N–H and O–H groups in total. The SMILES string of the molecule is COc1ccccc1N1C[C@@H](C(=O)OCc2csc(-c3ccccc3)n2)CC1=O. The van der Waals surface area contributed by atoms with E-state index in [-0.39, 0.29) is 31.4 Å². The van der Waals surface area contributed by atoms with Crippen LogP contribution < -0.4 is 9.64 Å². The molecule has 1 aliphatic rings. The predicted octanol–water partition coefficient (Wildman–Crippen LogP) is 3.92. The molecule has 1 amide bonds. The van der Waals surface area contributed by atoms with Gasteiger partial charge in [0.1, 0.15) is 17.4 Å². The number of anilines is 1. The lowest BCUT2D eigenvalue weighted by Crippen LogP contribution is -2.26. The third-order valence-corrected chi connectivity index (χ3v) is 5.71. The quantitative estimate of drug-likeness (QED) is 0.579. The summed E-state index contributed by atoms with van der Waals surface area (Å²) in [7, 11) is 1.56. The van der Waals surface area contributed by atoms with Crippen LogP contribution in [0, 0.1) is 5.92 Å². The number of nitrogens with zero attached hydrogens (tertiary/aromatic N) is 2. The smallest absolute Gasteiger partial charge is 0.311 e. The Bertz CT molecular complexity index is 1020. The van der Waals surface area contributed by atoms with Gasteiger partial charge in [0.05, 0.1) is 24.4 Å². The summed E-state index contributed by atoms with van der Waals surface area (Å²) in [5.74, 6) is -0.396. The van der Waals surface area contributed by atoms with E-state index >= 15 is 0 Å². The second-order valence-corrected chi connectivity index (χ2v) is 7.55. The topological polar surface area (TPSA) is 68.7 Å². The summed E-state index contributed by atoms with van der Waals surface area (Å²) in [5.41, 5.74) is 2.40. The zero-order chi connectivity index (χ0) is 20.2. The normalized spacial score (nSPS) is 16.1. The molecule has 1 atom stereocenters. The van der Waals surface area contributed by atoms with E-state index in [4.69, 9.17) is 9.47 Å². The zero-order valence-electron chi connectivity index (χ0n) is 15.9. The van der Waals surface area contributed by atoms with Crippen molar-refractivity contribution in [2.45, 2.75) is 13.0 Å². The number of aromatic nitrogens is 1. The summed E-state index contributed by atoms with van der Waals surface area (Å²) >= 11 is 1.51. The number of carbonyl (C=O) groups is 2. The fourth-order valence-corrected chi connectivity index (χ4v) is 4.11. The van der Waals surface area contributed by atoms with Gasteiger partial charge in [0.25, 0.3) is 0 Å². The zero-order valence-corrected chi connectivity index (χ0v) is 16.7. The van der Waals surface area contributed by atoms with E-state index in [0.717, 1.165) is 10.6 Å². The van der Waals surface area contributed by atoms with Crippen LogP contribution in [0.15, 0.2) is 60.0 Å². The standard InChI is InChI=1S/C22H20N2O4S/c1-27-19-10-6-5-9-18(19)24-12-16(11-20(24)25)22(26)28-13-17-14-29-21(23-17)15-7-3-2-4-8-15/h2-10,14,16H,11-13H2,1H3/t16-/m0/s1. The van der Waals surface area contributed by atoms with Gasteiger partial charge in [-0.05, 0) is 12.1 Å². The maximum Gasteiger partial charge on any atom is 0.311 e. The summed E-state index contributed by atoms with van der Waals surface area (Å²) in [6.07, 6.45) is 0.128. The molecule has 1 aliphatic heterocycles. The van der Waals surface area contributed by atoms with Crippen LogP contribution in [0.5, 0.6) is 5.75 Å². The maximum absolute atomic E-state index is 12.5. The minimum Gasteiger partial charge on any atom is -0.495 e. The van der Waals surface area contributed by atoms with Crippen LogP contribution >= 0.6 is 11.3 Å². The molecule has 6 nitrogen and oxygen atoms in total. The molecule has 3 aromatic rings. The van der Waals surface area contributed by atoms with Gasteiger partial charge in [0, 0.05) is 23.9 Å². The monoisotopic (exact) mass is 408 g/mol. The van der Waals surface area contributed by atoms with E-state index in [1.165, 1.54) is 11.3 Å². The third kappa shape index (κ3) is 4.14. The first-order chi connectivity index (χ1) is 14.2. The number of hydrogen-bond donors (Lipinski definition) is 0. The summed E-state index contributed by atoms with van der Waals surface area (Å²) in [6.45, 7) is 0.381. The molecule has 0 spiro atoms. The number of para-hydroxylation sites is 2. The number of carbonyl (C=O) groups excluding carboxylic acids is 2. The molecule has 0 saturated carbocycles. The van der Waals surface area contributed by atoms with Crippen molar-refractivity contribution in [1.82, 2.24) is 4.98 Å². The predicted molar refractivity (Wildman–Crippen MR) is 111 cm³/mol. The van der Waals surface area contributed by atoms with Gasteiger partial charge in [0.15, 0.2) is 0 Å². The first kappa shape index (κ1) is 19.1. The van der Waals surface area contributed by atoms with Crippen molar-refractivity contribution < 1.29 is 19.1 Å². The van der Waals surface area contributed by atoms with Crippen molar-refractivity contribution in [3.8, 4) is 16.3 Å². The lowest BCUT2D eigenvalue weighted by atomic mass is 10.1. The molecule has 148 valence electrons. The van der Waals surface area contributed by atoms with Crippen molar-refractivity contribution in [2.75, 3.05) is 18.6 Å². The molecule has 7 heteroatoms. The highest BCUT2D eigenvalue weighted by Gasteiger charge is 2.37. The highest BCUT2D eigenvalue weighted by Crippen LogP contribution is 2.33. The summed E-state index contributed by atoms with van der Waals surface area (Å²) in [4.78, 5) is 31.1. The molecule has 2 aromatic carbocycles. The van der Waals surface area contributed by atoms with Gasteiger partial charge in [-0.25, -0.2) is 4.98 Å². The van der Waals surface area contributed by atoms with Gasteiger partial charge in [-0.2, -0.15) is 0 Å². The average molecular weight is 408 g/mol. The molecule has 1 fully saturated rings. The molecule has 1 saturated heterocycles. The Kier molecular flexibility index (Phi) is 5.57. The number of methoxy groups -OCH3 is 1. The first-order valence-electron chi connectivity index (χ1n) is 9.25. The van der Waals surface area contributed by atoms with Crippen molar-refractivity contribution in [3.05, 3.63) is 65.7 Å². The Balaban J connectivity index is 1.37. The Morgan fingerprint density at radius 3 is 2.72 bits per heavy atom. The molecule has 0 aliphatic carbocycles. The average Bonchev–Trinajstić information content (AvgIpc) is 3.39. The van der Waals surface area contributed by atoms with Gasteiger partial charge in [-0.1, -0.05) is 42.5 Å². The fraction of sp³-hybridized carbons (Fsp3) is 0.227. The fourth-order valence-electron chi connectivity index (χ4n) is 3.30. The number of rotatable bonds is 6. The number of hydrogen-bond acceptors (Lipinski definition) is 6. The number of esters is 1. The first-order valence-corrected chi connectivity index (χ1v) is 10.1. The van der Waals surface area contributed by atoms with Crippen LogP contribution in [-0.2, 0) is 20.9 Å². The van der Waals surface area contributed by atoms with E-state index in [9.17, 15) is 9.59 Å². The highest BCUT2D eigenvalue weighted by molar-refractivity contribution is 7.13. The molecule has 0 bridgehead atoms. The number of benzene rings is 2. The Morgan fingerprint density at radius 2 is 1.93 bits per heavy atom. The van der Waals surface area contributed by atoms with Crippen LogP contribution in [0.1, 0.15) is 12.1 Å². The molecular formula is C22H20N2O4S. The lowest BCUT2D eigenvalue weighted by Gasteiger charge is -2.19. The van der Waals surface area contributed by atoms with E-state index in [1.54, 1.807) is 18.1 Å². The van der Waals surface area contributed by atoms with E-state index in [2.05, 4.69) is 4.98 Å². The minimum absolute atomic E-state index is 0.0987. The van der Waals surface area contributed by atoms with Gasteiger partial charge < -0.3 is 14.4 Å². The second-order valence-electron chi connectivity index (χ2n) is 6.69. The molecule has 0 unspecified atom stereocenters. The Hall–Kier alpha value is -3.19. The Morgan fingerprint density at radius 1 is 1.17 bits per heavy atom. The molecule has 29 heavy (non-hydrogen) atoms. The summed E-state index contributed by atoms with van der Waals surface area (Å²) in [5, 5.41) is 2.77. The van der Waals surface area contributed by atoms with E-state index in [0.29, 0.717) is 17.1 Å². The highest BCUT2D eigenvalue weighted by atomic mass is 32.1. The third-order valence-electron chi connectivity index (χ3n) is 4.77. The van der Waals surface area contributed by atoms with Crippen LogP contribution in [0.2, 0.25) is 0 Å². The molecular weight excluding hydrogens is 388 g/mol. The van der Waals surface area contributed by atoms with Crippen LogP contribution in [-0.4, -0.2) is 30.5 Å². The molecule has 1 aromatic heterocycles. The number of thiazole rings is 1. The number of amides is 1. The van der Waals surface area contributed by atoms with Crippen molar-refractivity contribution in [3.63, 3.8) is 0 Å². The minimum atomic E-state index is -0.500. The lowest BCUT2D eigenvalue weighted by molar-refractivity contribution is -0.149. The van der Waals surface area contributed by atoms with Crippen LogP contribution in [0.25, 0.3) is 10.6 Å². The van der Waals surface area contributed by atoms with Gasteiger partial charge >= 0.3 is 5.97 Å². The molecule has 4 rings (SSSR count). The van der Waals surface area contributed by atoms with Crippen molar-refractivity contribution in [1.29, 1.82) is 0 Å². The summed E-state index contributed by atoms with van der Waals surface area (Å²) in [6, 6.07) is 17.1. The second kappa shape index (κ2) is 8.45. The van der Waals surface area contributed by atoms with Crippen LogP contribution in [0.4, 0.5) is 5.69 Å². The van der Waals surface area contributed by atoms with E-state index < -0.39 is 5.92 Å². The Labute approximate surface area is 172 Å². The molecule has 0 radical (unpaired) electrons. The maximum atomic E-state index is 12.5. The van der Waals surface area contributed by atoms with Crippen LogP contribution in [0.3, 0.4) is 0 Å².